The first-order valence-corrected chi connectivity index (χ1v) is 11.2. The molecule has 7 nitrogen and oxygen atoms in total. The van der Waals surface area contributed by atoms with E-state index in [1.165, 1.54) is 5.56 Å². The first-order valence-electron chi connectivity index (χ1n) is 10.2. The molecule has 2 N–H and O–H groups in total. The molecule has 0 heterocycles. The number of carbonyl (C=O) groups is 3. The fourth-order valence-corrected chi connectivity index (χ4v) is 3.58. The van der Waals surface area contributed by atoms with Crippen molar-refractivity contribution >= 4 is 35.2 Å². The smallest absolute Gasteiger partial charge is 0.307 e. The van der Waals surface area contributed by atoms with E-state index >= 15 is 0 Å². The van der Waals surface area contributed by atoms with Crippen LogP contribution in [0, 0.1) is 6.92 Å². The van der Waals surface area contributed by atoms with E-state index in [0.29, 0.717) is 11.3 Å². The van der Waals surface area contributed by atoms with Gasteiger partial charge in [0.25, 0.3) is 11.8 Å². The lowest BCUT2D eigenvalue weighted by Gasteiger charge is -2.21. The Hall–Kier alpha value is -3.00. The van der Waals surface area contributed by atoms with Gasteiger partial charge in [-0.05, 0) is 57.2 Å². The molecule has 2 amide bonds. The molecule has 0 spiro atoms. The minimum atomic E-state index is -0.604. The zero-order chi connectivity index (χ0) is 22.6. The molecule has 0 saturated carbocycles. The Morgan fingerprint density at radius 1 is 0.935 bits per heavy atom. The number of hydrogen-bond acceptors (Lipinski definition) is 6. The average molecular weight is 444 g/mol. The summed E-state index contributed by atoms with van der Waals surface area (Å²) >= 11 is 1.55. The van der Waals surface area contributed by atoms with Crippen molar-refractivity contribution in [3.63, 3.8) is 0 Å². The summed E-state index contributed by atoms with van der Waals surface area (Å²) in [6, 6.07) is 15.1. The third-order valence-electron chi connectivity index (χ3n) is 4.53. The number of hydrogen-bond donors (Lipinski definition) is 2. The highest BCUT2D eigenvalue weighted by atomic mass is 32.2. The molecule has 8 heteroatoms. The van der Waals surface area contributed by atoms with E-state index in [0.717, 1.165) is 23.7 Å². The van der Waals surface area contributed by atoms with Crippen LogP contribution in [0.15, 0.2) is 53.4 Å². The second-order valence-corrected chi connectivity index (χ2v) is 7.96. The number of anilines is 1. The number of benzene rings is 2. The van der Waals surface area contributed by atoms with Crippen LogP contribution in [0.3, 0.4) is 0 Å². The van der Waals surface area contributed by atoms with E-state index in [-0.39, 0.29) is 6.42 Å². The monoisotopic (exact) mass is 443 g/mol. The lowest BCUT2D eigenvalue weighted by molar-refractivity contribution is -0.148. The molecule has 0 aromatic heterocycles. The average Bonchev–Trinajstić information content (AvgIpc) is 2.78. The Bertz CT molecular complexity index is 865. The molecule has 0 bridgehead atoms. The van der Waals surface area contributed by atoms with Crippen molar-refractivity contribution in [2.24, 2.45) is 0 Å². The van der Waals surface area contributed by atoms with Gasteiger partial charge in [-0.15, -0.1) is 11.8 Å². The predicted octanol–water partition coefficient (Wildman–Crippen LogP) is 3.33. The molecule has 0 aliphatic carbocycles. The minimum absolute atomic E-state index is 0.192. The molecule has 0 fully saturated rings. The number of esters is 1. The lowest BCUT2D eigenvalue weighted by atomic mass is 10.2. The van der Waals surface area contributed by atoms with Gasteiger partial charge in [-0.1, -0.05) is 17.7 Å². The number of aryl methyl sites for hydroxylation is 1. The van der Waals surface area contributed by atoms with Crippen LogP contribution in [0.1, 0.15) is 36.2 Å². The Kier molecular flexibility index (Phi) is 9.90. The highest BCUT2D eigenvalue weighted by Gasteiger charge is 2.11. The van der Waals surface area contributed by atoms with Gasteiger partial charge in [0.2, 0.25) is 0 Å². The zero-order valence-electron chi connectivity index (χ0n) is 18.1. The van der Waals surface area contributed by atoms with Crippen molar-refractivity contribution in [3.8, 4) is 0 Å². The second-order valence-electron chi connectivity index (χ2n) is 6.79. The molecule has 0 aliphatic rings. The van der Waals surface area contributed by atoms with Crippen molar-refractivity contribution in [1.82, 2.24) is 10.9 Å². The highest BCUT2D eigenvalue weighted by molar-refractivity contribution is 7.99. The number of thioether (sulfide) groups is 1. The van der Waals surface area contributed by atoms with Crippen LogP contribution in [-0.2, 0) is 14.3 Å². The van der Waals surface area contributed by atoms with Crippen molar-refractivity contribution in [2.45, 2.75) is 32.1 Å². The van der Waals surface area contributed by atoms with E-state index in [4.69, 9.17) is 4.74 Å². The number of ether oxygens (including phenoxy) is 1. The van der Waals surface area contributed by atoms with Crippen molar-refractivity contribution in [1.29, 1.82) is 0 Å². The summed E-state index contributed by atoms with van der Waals surface area (Å²) in [4.78, 5) is 39.0. The Balaban J connectivity index is 1.66. The van der Waals surface area contributed by atoms with E-state index in [1.54, 1.807) is 23.9 Å². The fraction of sp³-hybridized carbons (Fsp3) is 0.348. The predicted molar refractivity (Wildman–Crippen MR) is 123 cm³/mol. The maximum atomic E-state index is 12.2. The number of nitrogens with one attached hydrogen (secondary N) is 2. The summed E-state index contributed by atoms with van der Waals surface area (Å²) in [5.41, 5.74) is 7.20. The normalized spacial score (nSPS) is 10.3. The molecule has 2 aromatic carbocycles. The Labute approximate surface area is 187 Å². The summed E-state index contributed by atoms with van der Waals surface area (Å²) in [6.45, 7) is 7.45. The minimum Gasteiger partial charge on any atom is -0.455 e. The lowest BCUT2D eigenvalue weighted by Crippen LogP contribution is -2.43. The van der Waals surface area contributed by atoms with Gasteiger partial charge in [0, 0.05) is 35.0 Å². The summed E-state index contributed by atoms with van der Waals surface area (Å²) in [6.07, 6.45) is 0.192. The van der Waals surface area contributed by atoms with Crippen LogP contribution in [-0.4, -0.2) is 43.2 Å². The number of amides is 2. The van der Waals surface area contributed by atoms with E-state index < -0.39 is 24.4 Å². The number of carbonyl (C=O) groups excluding carboxylic acids is 3. The van der Waals surface area contributed by atoms with Gasteiger partial charge in [-0.2, -0.15) is 0 Å². The van der Waals surface area contributed by atoms with Gasteiger partial charge >= 0.3 is 5.97 Å². The molecule has 166 valence electrons. The molecule has 0 atom stereocenters. The Morgan fingerprint density at radius 3 is 2.19 bits per heavy atom. The Morgan fingerprint density at radius 2 is 1.58 bits per heavy atom. The van der Waals surface area contributed by atoms with Crippen LogP contribution >= 0.6 is 11.8 Å². The SMILES string of the molecule is CCN(CC)c1ccc(C(=O)NNC(=O)COC(=O)CCSc2ccc(C)cc2)cc1. The summed E-state index contributed by atoms with van der Waals surface area (Å²) in [7, 11) is 0. The largest absolute Gasteiger partial charge is 0.455 e. The topological polar surface area (TPSA) is 87.7 Å². The molecule has 2 rings (SSSR count). The number of rotatable bonds is 10. The van der Waals surface area contributed by atoms with Crippen molar-refractivity contribution < 1.29 is 19.1 Å². The van der Waals surface area contributed by atoms with Crippen LogP contribution in [0.25, 0.3) is 0 Å². The van der Waals surface area contributed by atoms with Crippen LogP contribution in [0.4, 0.5) is 5.69 Å². The van der Waals surface area contributed by atoms with Crippen molar-refractivity contribution in [3.05, 3.63) is 59.7 Å². The number of nitrogens with zero attached hydrogens (tertiary/aromatic N) is 1. The molecule has 0 unspecified atom stereocenters. The quantitative estimate of drug-likeness (QED) is 0.333. The van der Waals surface area contributed by atoms with Gasteiger partial charge in [-0.3, -0.25) is 25.2 Å². The van der Waals surface area contributed by atoms with Crippen molar-refractivity contribution in [2.75, 3.05) is 30.3 Å². The zero-order valence-corrected chi connectivity index (χ0v) is 19.0. The highest BCUT2D eigenvalue weighted by Crippen LogP contribution is 2.19. The third-order valence-corrected chi connectivity index (χ3v) is 5.55. The van der Waals surface area contributed by atoms with E-state index in [1.807, 2.05) is 43.3 Å². The van der Waals surface area contributed by atoms with Gasteiger partial charge in [0.1, 0.15) is 0 Å². The maximum absolute atomic E-state index is 12.2. The van der Waals surface area contributed by atoms with Gasteiger partial charge in [0.05, 0.1) is 6.42 Å². The molecule has 0 saturated heterocycles. The van der Waals surface area contributed by atoms with E-state index in [9.17, 15) is 14.4 Å². The molecule has 0 aliphatic heterocycles. The molecular formula is C23H29N3O4S. The van der Waals surface area contributed by atoms with Gasteiger partial charge in [0.15, 0.2) is 6.61 Å². The molecule has 2 aromatic rings. The standard InChI is InChI=1S/C23H29N3O4S/c1-4-26(5-2)19-10-8-18(9-11-19)23(29)25-24-21(27)16-30-22(28)14-15-31-20-12-6-17(3)7-13-20/h6-13H,4-5,14-16H2,1-3H3,(H,24,27)(H,25,29). The first-order chi connectivity index (χ1) is 14.9. The summed E-state index contributed by atoms with van der Waals surface area (Å²) in [5, 5.41) is 0. The van der Waals surface area contributed by atoms with Crippen LogP contribution in [0.2, 0.25) is 0 Å². The van der Waals surface area contributed by atoms with Gasteiger partial charge in [-0.25, -0.2) is 0 Å². The number of hydrazine groups is 1. The molecule has 0 radical (unpaired) electrons. The maximum Gasteiger partial charge on any atom is 0.307 e. The second kappa shape index (κ2) is 12.6. The van der Waals surface area contributed by atoms with Gasteiger partial charge < -0.3 is 9.64 Å². The first kappa shape index (κ1) is 24.3. The van der Waals surface area contributed by atoms with Crippen LogP contribution < -0.4 is 15.8 Å². The van der Waals surface area contributed by atoms with E-state index in [2.05, 4.69) is 29.6 Å². The fourth-order valence-electron chi connectivity index (χ4n) is 2.75. The summed E-state index contributed by atoms with van der Waals surface area (Å²) < 4.78 is 4.94. The van der Waals surface area contributed by atoms with Crippen LogP contribution in [0.5, 0.6) is 0 Å². The molecule has 31 heavy (non-hydrogen) atoms. The summed E-state index contributed by atoms with van der Waals surface area (Å²) in [5.74, 6) is -0.954. The third kappa shape index (κ3) is 8.33. The molecular weight excluding hydrogens is 414 g/mol.